The second-order valence-electron chi connectivity index (χ2n) is 6.37. The summed E-state index contributed by atoms with van der Waals surface area (Å²) in [5.41, 5.74) is 0.565. The lowest BCUT2D eigenvalue weighted by molar-refractivity contribution is -0.122. The predicted octanol–water partition coefficient (Wildman–Crippen LogP) is 5.16. The lowest BCUT2D eigenvalue weighted by Crippen LogP contribution is -2.56. The van der Waals surface area contributed by atoms with E-state index in [0.717, 1.165) is 32.1 Å². The average Bonchev–Trinajstić information content (AvgIpc) is 2.66. The van der Waals surface area contributed by atoms with Gasteiger partial charge in [0.05, 0.1) is 19.9 Å². The first kappa shape index (κ1) is 25.9. The normalized spacial score (nSPS) is 12.1. The van der Waals surface area contributed by atoms with Crippen LogP contribution >= 0.6 is 47.0 Å². The third-order valence-corrected chi connectivity index (χ3v) is 4.94. The molecular weight excluding hydrogens is 457 g/mol. The van der Waals surface area contributed by atoms with Crippen molar-refractivity contribution < 1.29 is 14.3 Å². The summed E-state index contributed by atoms with van der Waals surface area (Å²) in [5, 5.41) is 8.63. The molecule has 0 aromatic heterocycles. The van der Waals surface area contributed by atoms with Crippen molar-refractivity contribution in [2.24, 2.45) is 0 Å². The van der Waals surface area contributed by atoms with E-state index in [1.165, 1.54) is 7.11 Å². The van der Waals surface area contributed by atoms with Crippen LogP contribution in [-0.4, -0.2) is 35.2 Å². The van der Waals surface area contributed by atoms with Crippen molar-refractivity contribution in [3.63, 3.8) is 0 Å². The number of anilines is 1. The topological polar surface area (TPSA) is 71.6 Å². The van der Waals surface area contributed by atoms with Crippen molar-refractivity contribution in [1.29, 1.82) is 0 Å². The molecule has 6 nitrogen and oxygen atoms in total. The molecule has 10 heteroatoms. The third kappa shape index (κ3) is 9.94. The Hall–Kier alpha value is -1.15. The molecule has 0 aliphatic rings. The predicted molar refractivity (Wildman–Crippen MR) is 124 cm³/mol. The molecule has 0 heterocycles. The van der Waals surface area contributed by atoms with Crippen LogP contribution in [-0.2, 0) is 4.79 Å². The zero-order valence-electron chi connectivity index (χ0n) is 16.8. The van der Waals surface area contributed by atoms with E-state index in [9.17, 15) is 4.79 Å². The summed E-state index contributed by atoms with van der Waals surface area (Å²) in [6, 6.07) is 5.20. The van der Waals surface area contributed by atoms with E-state index in [1.807, 2.05) is 0 Å². The first-order valence-corrected chi connectivity index (χ1v) is 10.9. The third-order valence-electron chi connectivity index (χ3n) is 4.07. The molecule has 0 radical (unpaired) electrons. The van der Waals surface area contributed by atoms with Crippen LogP contribution in [0.1, 0.15) is 45.4 Å². The standard InChI is InChI=1S/C19H28Cl3N3O3S/c1-4-5-6-7-8-9-16(26)24-17(19(20,21)22)25-18(29)23-14-12-13(27-2)10-11-15(14)28-3/h10-12,17H,4-9H2,1-3H3,(H,24,26)(H2,23,25,29). The van der Waals surface area contributed by atoms with E-state index in [1.54, 1.807) is 25.3 Å². The Kier molecular flexibility index (Phi) is 11.8. The van der Waals surface area contributed by atoms with Gasteiger partial charge in [0, 0.05) is 12.5 Å². The molecule has 1 unspecified atom stereocenters. The molecule has 0 saturated carbocycles. The Morgan fingerprint density at radius 1 is 1.10 bits per heavy atom. The molecule has 1 amide bonds. The van der Waals surface area contributed by atoms with E-state index in [4.69, 9.17) is 56.5 Å². The first-order chi connectivity index (χ1) is 13.7. The van der Waals surface area contributed by atoms with Crippen molar-refractivity contribution in [1.82, 2.24) is 10.6 Å². The molecule has 0 aliphatic carbocycles. The Morgan fingerprint density at radius 2 is 1.79 bits per heavy atom. The largest absolute Gasteiger partial charge is 0.497 e. The molecule has 29 heavy (non-hydrogen) atoms. The van der Waals surface area contributed by atoms with E-state index in [2.05, 4.69) is 22.9 Å². The monoisotopic (exact) mass is 483 g/mol. The molecule has 164 valence electrons. The van der Waals surface area contributed by atoms with E-state index in [-0.39, 0.29) is 11.0 Å². The minimum Gasteiger partial charge on any atom is -0.497 e. The van der Waals surface area contributed by atoms with E-state index in [0.29, 0.717) is 23.6 Å². The van der Waals surface area contributed by atoms with Crippen LogP contribution < -0.4 is 25.4 Å². The highest BCUT2D eigenvalue weighted by atomic mass is 35.6. The van der Waals surface area contributed by atoms with Gasteiger partial charge in [0.25, 0.3) is 0 Å². The molecule has 0 bridgehead atoms. The SMILES string of the molecule is CCCCCCCC(=O)NC(NC(=S)Nc1cc(OC)ccc1OC)C(Cl)(Cl)Cl. The Labute approximate surface area is 192 Å². The minimum atomic E-state index is -1.80. The zero-order valence-corrected chi connectivity index (χ0v) is 19.9. The summed E-state index contributed by atoms with van der Waals surface area (Å²) in [7, 11) is 3.09. The van der Waals surface area contributed by atoms with Crippen molar-refractivity contribution in [3.8, 4) is 11.5 Å². The Balaban J connectivity index is 2.69. The van der Waals surface area contributed by atoms with Gasteiger partial charge in [0.15, 0.2) is 5.11 Å². The Morgan fingerprint density at radius 3 is 2.38 bits per heavy atom. The molecule has 1 aromatic rings. The number of halogens is 3. The number of hydrogen-bond donors (Lipinski definition) is 3. The maximum Gasteiger partial charge on any atom is 0.228 e. The summed E-state index contributed by atoms with van der Waals surface area (Å²) in [4.78, 5) is 12.2. The minimum absolute atomic E-state index is 0.149. The van der Waals surface area contributed by atoms with Gasteiger partial charge in [-0.3, -0.25) is 4.79 Å². The number of methoxy groups -OCH3 is 2. The van der Waals surface area contributed by atoms with Gasteiger partial charge in [-0.25, -0.2) is 0 Å². The van der Waals surface area contributed by atoms with Gasteiger partial charge in [-0.05, 0) is 30.8 Å². The van der Waals surface area contributed by atoms with Crippen molar-refractivity contribution in [2.45, 2.75) is 55.4 Å². The number of carbonyl (C=O) groups is 1. The number of hydrogen-bond acceptors (Lipinski definition) is 4. The molecule has 3 N–H and O–H groups in total. The van der Waals surface area contributed by atoms with Crippen molar-refractivity contribution in [2.75, 3.05) is 19.5 Å². The quantitative estimate of drug-likeness (QED) is 0.174. The molecule has 0 spiro atoms. The Bertz CT molecular complexity index is 672. The number of alkyl halides is 3. The van der Waals surface area contributed by atoms with Crippen LogP contribution in [0.25, 0.3) is 0 Å². The highest BCUT2D eigenvalue weighted by molar-refractivity contribution is 7.80. The number of nitrogens with one attached hydrogen (secondary N) is 3. The van der Waals surface area contributed by atoms with Gasteiger partial charge >= 0.3 is 0 Å². The van der Waals surface area contributed by atoms with Crippen LogP contribution in [0.5, 0.6) is 11.5 Å². The van der Waals surface area contributed by atoms with Gasteiger partial charge in [0.2, 0.25) is 9.70 Å². The van der Waals surface area contributed by atoms with Crippen LogP contribution in [0.3, 0.4) is 0 Å². The van der Waals surface area contributed by atoms with Crippen LogP contribution in [0.4, 0.5) is 5.69 Å². The summed E-state index contributed by atoms with van der Waals surface area (Å²) >= 11 is 23.4. The highest BCUT2D eigenvalue weighted by Gasteiger charge is 2.34. The lowest BCUT2D eigenvalue weighted by atomic mass is 10.1. The van der Waals surface area contributed by atoms with Crippen LogP contribution in [0.15, 0.2) is 18.2 Å². The molecular formula is C19H28Cl3N3O3S. The number of amides is 1. The first-order valence-electron chi connectivity index (χ1n) is 9.36. The zero-order chi connectivity index (χ0) is 21.9. The summed E-state index contributed by atoms with van der Waals surface area (Å²) in [5.74, 6) is 0.953. The number of thiocarbonyl (C=S) groups is 1. The number of carbonyl (C=O) groups excluding carboxylic acids is 1. The smallest absolute Gasteiger partial charge is 0.228 e. The molecule has 0 saturated heterocycles. The average molecular weight is 485 g/mol. The summed E-state index contributed by atoms with van der Waals surface area (Å²) < 4.78 is 8.70. The second-order valence-corrected chi connectivity index (χ2v) is 9.15. The highest BCUT2D eigenvalue weighted by Crippen LogP contribution is 2.31. The molecule has 0 aliphatic heterocycles. The van der Waals surface area contributed by atoms with Gasteiger partial charge < -0.3 is 25.4 Å². The molecule has 1 atom stereocenters. The number of benzene rings is 1. The summed E-state index contributed by atoms with van der Waals surface area (Å²) in [6.45, 7) is 2.14. The second kappa shape index (κ2) is 13.2. The van der Waals surface area contributed by atoms with Gasteiger partial charge in [-0.15, -0.1) is 0 Å². The van der Waals surface area contributed by atoms with Gasteiger partial charge in [0.1, 0.15) is 17.7 Å². The van der Waals surface area contributed by atoms with E-state index < -0.39 is 9.96 Å². The van der Waals surface area contributed by atoms with E-state index >= 15 is 0 Å². The van der Waals surface area contributed by atoms with Crippen LogP contribution in [0.2, 0.25) is 0 Å². The van der Waals surface area contributed by atoms with Crippen LogP contribution in [0, 0.1) is 0 Å². The molecule has 1 rings (SSSR count). The van der Waals surface area contributed by atoms with Gasteiger partial charge in [-0.1, -0.05) is 67.4 Å². The van der Waals surface area contributed by atoms with Crippen molar-refractivity contribution >= 4 is 63.7 Å². The number of unbranched alkanes of at least 4 members (excludes halogenated alkanes) is 4. The fourth-order valence-electron chi connectivity index (χ4n) is 2.52. The maximum atomic E-state index is 12.2. The number of rotatable bonds is 11. The molecule has 0 fully saturated rings. The van der Waals surface area contributed by atoms with Gasteiger partial charge in [-0.2, -0.15) is 0 Å². The lowest BCUT2D eigenvalue weighted by Gasteiger charge is -2.28. The summed E-state index contributed by atoms with van der Waals surface area (Å²) in [6.07, 6.45) is 4.53. The maximum absolute atomic E-state index is 12.2. The fourth-order valence-corrected chi connectivity index (χ4v) is 3.08. The number of ether oxygens (including phenoxy) is 2. The molecule has 1 aromatic carbocycles. The fraction of sp³-hybridized carbons (Fsp3) is 0.579. The van der Waals surface area contributed by atoms with Crippen molar-refractivity contribution in [3.05, 3.63) is 18.2 Å².